The third-order valence-corrected chi connectivity index (χ3v) is 5.51. The van der Waals surface area contributed by atoms with Crippen molar-refractivity contribution in [3.05, 3.63) is 48.5 Å². The highest BCUT2D eigenvalue weighted by Crippen LogP contribution is 2.34. The Morgan fingerprint density at radius 1 is 1.19 bits per heavy atom. The van der Waals surface area contributed by atoms with Crippen LogP contribution in [0, 0.1) is 0 Å². The number of imidazole rings is 1. The molecule has 4 rings (SSSR count). The number of aromatic nitrogens is 2. The third-order valence-electron chi connectivity index (χ3n) is 4.46. The minimum Gasteiger partial charge on any atom is -0.310 e. The molecule has 2 amide bonds. The zero-order valence-corrected chi connectivity index (χ0v) is 15.8. The Kier molecular flexibility index (Phi) is 4.85. The standard InChI is InChI=1S/C20H20N4O2S/c1-2-11-23-15-8-4-3-7-14(15)21-20(23)22-18(25)12-24-16-9-5-6-10-17(16)27-13-19(24)26/h3-10H,2,11-13H2,1H3,(H,21,22,25). The van der Waals surface area contributed by atoms with Crippen molar-refractivity contribution in [2.24, 2.45) is 0 Å². The van der Waals surface area contributed by atoms with Crippen LogP contribution in [0.1, 0.15) is 13.3 Å². The number of fused-ring (bicyclic) bond motifs is 2. The Balaban J connectivity index is 1.58. The second kappa shape index (κ2) is 7.44. The van der Waals surface area contributed by atoms with Crippen LogP contribution >= 0.6 is 11.8 Å². The highest BCUT2D eigenvalue weighted by atomic mass is 32.2. The van der Waals surface area contributed by atoms with Gasteiger partial charge >= 0.3 is 0 Å². The van der Waals surface area contributed by atoms with E-state index in [2.05, 4.69) is 17.2 Å². The van der Waals surface area contributed by atoms with Crippen molar-refractivity contribution in [3.8, 4) is 0 Å². The van der Waals surface area contributed by atoms with Crippen molar-refractivity contribution in [1.82, 2.24) is 9.55 Å². The minimum atomic E-state index is -0.252. The van der Waals surface area contributed by atoms with E-state index in [0.717, 1.165) is 34.6 Å². The van der Waals surface area contributed by atoms with Crippen molar-refractivity contribution >= 4 is 46.2 Å². The summed E-state index contributed by atoms with van der Waals surface area (Å²) in [7, 11) is 0. The molecule has 3 aromatic rings. The molecule has 1 aliphatic heterocycles. The van der Waals surface area contributed by atoms with Crippen molar-refractivity contribution in [1.29, 1.82) is 0 Å². The molecule has 1 aliphatic rings. The molecule has 0 saturated heterocycles. The van der Waals surface area contributed by atoms with Gasteiger partial charge in [0.15, 0.2) is 0 Å². The molecule has 27 heavy (non-hydrogen) atoms. The van der Waals surface area contributed by atoms with Gasteiger partial charge in [0.25, 0.3) is 0 Å². The van der Waals surface area contributed by atoms with Gasteiger partial charge in [-0.3, -0.25) is 14.9 Å². The summed E-state index contributed by atoms with van der Waals surface area (Å²) in [6.45, 7) is 2.82. The zero-order valence-electron chi connectivity index (χ0n) is 15.0. The topological polar surface area (TPSA) is 67.2 Å². The minimum absolute atomic E-state index is 0.0221. The molecule has 0 atom stereocenters. The van der Waals surface area contributed by atoms with E-state index in [9.17, 15) is 9.59 Å². The predicted octanol–water partition coefficient (Wildman–Crippen LogP) is 3.52. The van der Waals surface area contributed by atoms with E-state index in [-0.39, 0.29) is 18.4 Å². The normalized spacial score (nSPS) is 13.7. The molecule has 2 aromatic carbocycles. The number of amides is 2. The van der Waals surface area contributed by atoms with Crippen LogP contribution in [0.2, 0.25) is 0 Å². The molecule has 0 spiro atoms. The summed E-state index contributed by atoms with van der Waals surface area (Å²) in [6.07, 6.45) is 0.929. The van der Waals surface area contributed by atoms with Crippen LogP contribution < -0.4 is 10.2 Å². The number of carbonyl (C=O) groups excluding carboxylic acids is 2. The lowest BCUT2D eigenvalue weighted by molar-refractivity contribution is -0.120. The van der Waals surface area contributed by atoms with E-state index >= 15 is 0 Å². The Morgan fingerprint density at radius 3 is 2.81 bits per heavy atom. The molecule has 7 heteroatoms. The number of nitrogens with zero attached hydrogens (tertiary/aromatic N) is 3. The summed E-state index contributed by atoms with van der Waals surface area (Å²) >= 11 is 1.50. The van der Waals surface area contributed by atoms with Crippen molar-refractivity contribution < 1.29 is 9.59 Å². The lowest BCUT2D eigenvalue weighted by Crippen LogP contribution is -2.41. The van der Waals surface area contributed by atoms with Gasteiger partial charge in [-0.2, -0.15) is 0 Å². The summed E-state index contributed by atoms with van der Waals surface area (Å²) in [4.78, 5) is 32.2. The van der Waals surface area contributed by atoms with Gasteiger partial charge in [0.05, 0.1) is 22.5 Å². The molecule has 6 nitrogen and oxygen atoms in total. The number of para-hydroxylation sites is 3. The number of nitrogens with one attached hydrogen (secondary N) is 1. The largest absolute Gasteiger partial charge is 0.310 e. The first-order valence-corrected chi connectivity index (χ1v) is 9.93. The fraction of sp³-hybridized carbons (Fsp3) is 0.250. The lowest BCUT2D eigenvalue weighted by atomic mass is 10.2. The van der Waals surface area contributed by atoms with Crippen molar-refractivity contribution in [2.45, 2.75) is 24.8 Å². The fourth-order valence-electron chi connectivity index (χ4n) is 3.26. The van der Waals surface area contributed by atoms with E-state index < -0.39 is 0 Å². The van der Waals surface area contributed by atoms with E-state index in [0.29, 0.717) is 11.7 Å². The molecule has 0 aliphatic carbocycles. The second-order valence-electron chi connectivity index (χ2n) is 6.36. The molecule has 0 saturated carbocycles. The van der Waals surface area contributed by atoms with Gasteiger partial charge in [-0.1, -0.05) is 31.2 Å². The molecule has 0 bridgehead atoms. The first-order chi connectivity index (χ1) is 13.2. The average Bonchev–Trinajstić information content (AvgIpc) is 3.02. The number of hydrogen-bond acceptors (Lipinski definition) is 4. The number of aryl methyl sites for hydroxylation is 1. The van der Waals surface area contributed by atoms with Crippen LogP contribution in [0.25, 0.3) is 11.0 Å². The molecular weight excluding hydrogens is 360 g/mol. The highest BCUT2D eigenvalue weighted by Gasteiger charge is 2.26. The lowest BCUT2D eigenvalue weighted by Gasteiger charge is -2.28. The van der Waals surface area contributed by atoms with Crippen molar-refractivity contribution in [2.75, 3.05) is 22.5 Å². The van der Waals surface area contributed by atoms with Gasteiger partial charge in [-0.05, 0) is 30.7 Å². The quantitative estimate of drug-likeness (QED) is 0.735. The van der Waals surface area contributed by atoms with Gasteiger partial charge in [-0.25, -0.2) is 4.98 Å². The Morgan fingerprint density at radius 2 is 1.96 bits per heavy atom. The van der Waals surface area contributed by atoms with Gasteiger partial charge in [0.2, 0.25) is 17.8 Å². The van der Waals surface area contributed by atoms with Gasteiger partial charge in [0.1, 0.15) is 6.54 Å². The Labute approximate surface area is 161 Å². The second-order valence-corrected chi connectivity index (χ2v) is 7.38. The number of thioether (sulfide) groups is 1. The predicted molar refractivity (Wildman–Crippen MR) is 108 cm³/mol. The van der Waals surface area contributed by atoms with Crippen LogP contribution in [0.5, 0.6) is 0 Å². The molecule has 0 radical (unpaired) electrons. The molecule has 0 unspecified atom stereocenters. The van der Waals surface area contributed by atoms with Crippen LogP contribution in [0.3, 0.4) is 0 Å². The monoisotopic (exact) mass is 380 g/mol. The van der Waals surface area contributed by atoms with E-state index in [4.69, 9.17) is 0 Å². The average molecular weight is 380 g/mol. The maximum atomic E-state index is 12.7. The molecule has 138 valence electrons. The zero-order chi connectivity index (χ0) is 18.8. The van der Waals surface area contributed by atoms with Crippen molar-refractivity contribution in [3.63, 3.8) is 0 Å². The fourth-order valence-corrected chi connectivity index (χ4v) is 4.19. The number of carbonyl (C=O) groups is 2. The first kappa shape index (κ1) is 17.6. The molecule has 0 fully saturated rings. The Hall–Kier alpha value is -2.80. The third kappa shape index (κ3) is 3.42. The van der Waals surface area contributed by atoms with E-state index in [1.807, 2.05) is 53.1 Å². The van der Waals surface area contributed by atoms with Gasteiger partial charge < -0.3 is 9.47 Å². The molecule has 1 N–H and O–H groups in total. The van der Waals surface area contributed by atoms with Crippen LogP contribution in [0.15, 0.2) is 53.4 Å². The van der Waals surface area contributed by atoms with Gasteiger partial charge in [-0.15, -0.1) is 11.8 Å². The Bertz CT molecular complexity index is 1010. The van der Waals surface area contributed by atoms with Gasteiger partial charge in [0, 0.05) is 11.4 Å². The maximum absolute atomic E-state index is 12.7. The smallest absolute Gasteiger partial charge is 0.246 e. The van der Waals surface area contributed by atoms with E-state index in [1.54, 1.807) is 4.90 Å². The number of benzene rings is 2. The molecule has 1 aromatic heterocycles. The number of rotatable bonds is 5. The maximum Gasteiger partial charge on any atom is 0.246 e. The summed E-state index contributed by atoms with van der Waals surface area (Å²) < 4.78 is 2.01. The van der Waals surface area contributed by atoms with Crippen LogP contribution in [-0.4, -0.2) is 33.7 Å². The summed E-state index contributed by atoms with van der Waals surface area (Å²) in [5.41, 5.74) is 2.62. The molecule has 2 heterocycles. The highest BCUT2D eigenvalue weighted by molar-refractivity contribution is 8.00. The SMILES string of the molecule is CCCn1c(NC(=O)CN2C(=O)CSc3ccccc32)nc2ccccc21. The van der Waals surface area contributed by atoms with Crippen LogP contribution in [0.4, 0.5) is 11.6 Å². The summed E-state index contributed by atoms with van der Waals surface area (Å²) in [5, 5.41) is 2.90. The number of anilines is 2. The number of hydrogen-bond donors (Lipinski definition) is 1. The summed E-state index contributed by atoms with van der Waals surface area (Å²) in [5.74, 6) is 0.558. The van der Waals surface area contributed by atoms with E-state index in [1.165, 1.54) is 11.8 Å². The first-order valence-electron chi connectivity index (χ1n) is 8.94. The summed E-state index contributed by atoms with van der Waals surface area (Å²) in [6, 6.07) is 15.5. The molecular formula is C20H20N4O2S. The van der Waals surface area contributed by atoms with Crippen LogP contribution in [-0.2, 0) is 16.1 Å².